The highest BCUT2D eigenvalue weighted by atomic mass is 32.2. The molecule has 1 fully saturated rings. The molecule has 0 spiro atoms. The third-order valence-electron chi connectivity index (χ3n) is 4.57. The van der Waals surface area contributed by atoms with E-state index < -0.39 is 34.3 Å². The van der Waals surface area contributed by atoms with E-state index in [1.807, 2.05) is 0 Å². The predicted octanol–water partition coefficient (Wildman–Crippen LogP) is 3.19. The molecule has 6 nitrogen and oxygen atoms in total. The fraction of sp³-hybridized carbons (Fsp3) is 0.389. The summed E-state index contributed by atoms with van der Waals surface area (Å²) in [6.45, 7) is 0.268. The first-order valence-electron chi connectivity index (χ1n) is 8.59. The van der Waals surface area contributed by atoms with Gasteiger partial charge in [0.05, 0.1) is 5.56 Å². The lowest BCUT2D eigenvalue weighted by Gasteiger charge is -2.13. The van der Waals surface area contributed by atoms with Gasteiger partial charge in [0.25, 0.3) is 0 Å². The molecule has 1 aromatic heterocycles. The van der Waals surface area contributed by atoms with Gasteiger partial charge in [0.1, 0.15) is 17.2 Å². The normalized spacial score (nSPS) is 15.7. The number of rotatable bonds is 5. The highest BCUT2D eigenvalue weighted by molar-refractivity contribution is 7.89. The Morgan fingerprint density at radius 1 is 1.18 bits per heavy atom. The van der Waals surface area contributed by atoms with Gasteiger partial charge < -0.3 is 9.30 Å². The molecule has 2 heterocycles. The van der Waals surface area contributed by atoms with Crippen LogP contribution in [0.15, 0.2) is 41.4 Å². The average molecular weight is 416 g/mol. The van der Waals surface area contributed by atoms with E-state index in [4.69, 9.17) is 4.74 Å². The zero-order valence-corrected chi connectivity index (χ0v) is 15.9. The Labute approximate surface area is 160 Å². The fourth-order valence-electron chi connectivity index (χ4n) is 3.10. The molecule has 28 heavy (non-hydrogen) atoms. The van der Waals surface area contributed by atoms with Crippen LogP contribution in [-0.4, -0.2) is 36.3 Å². The Morgan fingerprint density at radius 2 is 1.82 bits per heavy atom. The molecule has 2 aromatic rings. The van der Waals surface area contributed by atoms with E-state index in [1.54, 1.807) is 0 Å². The lowest BCUT2D eigenvalue weighted by molar-refractivity contribution is -0.138. The van der Waals surface area contributed by atoms with E-state index in [0.29, 0.717) is 13.1 Å². The van der Waals surface area contributed by atoms with Crippen molar-refractivity contribution in [1.29, 1.82) is 0 Å². The lowest BCUT2D eigenvalue weighted by Crippen LogP contribution is -2.27. The minimum Gasteiger partial charge on any atom is -0.456 e. The minimum atomic E-state index is -4.56. The van der Waals surface area contributed by atoms with Gasteiger partial charge in [-0.1, -0.05) is 18.2 Å². The number of benzene rings is 1. The number of carbonyl (C=O) groups is 1. The molecule has 1 aliphatic rings. The first kappa shape index (κ1) is 20.4. The largest absolute Gasteiger partial charge is 0.456 e. The number of hydrogen-bond donors (Lipinski definition) is 0. The second kappa shape index (κ2) is 7.59. The van der Waals surface area contributed by atoms with E-state index in [9.17, 15) is 26.4 Å². The Morgan fingerprint density at radius 3 is 2.46 bits per heavy atom. The number of alkyl halides is 3. The lowest BCUT2D eigenvalue weighted by atomic mass is 10.1. The minimum absolute atomic E-state index is 0.0421. The van der Waals surface area contributed by atoms with Crippen LogP contribution in [0.5, 0.6) is 0 Å². The second-order valence-corrected chi connectivity index (χ2v) is 8.45. The summed E-state index contributed by atoms with van der Waals surface area (Å²) in [5, 5.41) is 0. The molecule has 0 N–H and O–H groups in total. The summed E-state index contributed by atoms with van der Waals surface area (Å²) in [7, 11) is -2.24. The summed E-state index contributed by atoms with van der Waals surface area (Å²) < 4.78 is 71.9. The van der Waals surface area contributed by atoms with Crippen LogP contribution in [0.1, 0.15) is 34.5 Å². The van der Waals surface area contributed by atoms with Crippen LogP contribution in [-0.2, 0) is 34.6 Å². The maximum absolute atomic E-state index is 13.0. The molecule has 0 saturated carbocycles. The molecule has 1 saturated heterocycles. The van der Waals surface area contributed by atoms with Crippen LogP contribution >= 0.6 is 0 Å². The second-order valence-electron chi connectivity index (χ2n) is 6.51. The molecule has 0 atom stereocenters. The highest BCUT2D eigenvalue weighted by Crippen LogP contribution is 2.32. The van der Waals surface area contributed by atoms with Crippen LogP contribution in [0.2, 0.25) is 0 Å². The molecule has 152 valence electrons. The van der Waals surface area contributed by atoms with Gasteiger partial charge in [0, 0.05) is 31.9 Å². The van der Waals surface area contributed by atoms with E-state index >= 15 is 0 Å². The molecule has 1 aliphatic heterocycles. The van der Waals surface area contributed by atoms with E-state index in [1.165, 1.54) is 46.4 Å². The Balaban J connectivity index is 1.77. The molecule has 0 amide bonds. The molecular formula is C18H19F3N2O4S. The van der Waals surface area contributed by atoms with Gasteiger partial charge in [0.2, 0.25) is 10.0 Å². The van der Waals surface area contributed by atoms with Crippen molar-refractivity contribution in [1.82, 2.24) is 8.87 Å². The Kier molecular flexibility index (Phi) is 5.53. The van der Waals surface area contributed by atoms with Crippen molar-refractivity contribution in [2.24, 2.45) is 7.05 Å². The number of nitrogens with zero attached hydrogens (tertiary/aromatic N) is 2. The molecule has 3 rings (SSSR count). The van der Waals surface area contributed by atoms with Crippen LogP contribution in [0, 0.1) is 0 Å². The topological polar surface area (TPSA) is 68.6 Å². The Bertz CT molecular complexity index is 977. The molecule has 1 aromatic carbocycles. The third kappa shape index (κ3) is 4.07. The zero-order chi connectivity index (χ0) is 20.5. The molecule has 0 unspecified atom stereocenters. The van der Waals surface area contributed by atoms with Crippen molar-refractivity contribution in [3.8, 4) is 0 Å². The van der Waals surface area contributed by atoms with Crippen LogP contribution in [0.25, 0.3) is 0 Å². The number of carbonyl (C=O) groups excluding carboxylic acids is 1. The highest BCUT2D eigenvalue weighted by Gasteiger charge is 2.33. The van der Waals surface area contributed by atoms with Crippen molar-refractivity contribution in [2.45, 2.75) is 30.5 Å². The maximum atomic E-state index is 13.0. The van der Waals surface area contributed by atoms with Crippen molar-refractivity contribution < 1.29 is 31.1 Å². The zero-order valence-electron chi connectivity index (χ0n) is 15.1. The molecule has 10 heteroatoms. The molecular weight excluding hydrogens is 397 g/mol. The summed E-state index contributed by atoms with van der Waals surface area (Å²) in [4.78, 5) is 12.3. The van der Waals surface area contributed by atoms with Gasteiger partial charge in [-0.25, -0.2) is 13.2 Å². The van der Waals surface area contributed by atoms with Crippen molar-refractivity contribution in [3.63, 3.8) is 0 Å². The van der Waals surface area contributed by atoms with Gasteiger partial charge in [-0.3, -0.25) is 0 Å². The van der Waals surface area contributed by atoms with Gasteiger partial charge >= 0.3 is 12.1 Å². The maximum Gasteiger partial charge on any atom is 0.416 e. The molecule has 0 radical (unpaired) electrons. The van der Waals surface area contributed by atoms with Crippen molar-refractivity contribution in [2.75, 3.05) is 13.1 Å². The van der Waals surface area contributed by atoms with Gasteiger partial charge in [-0.2, -0.15) is 17.5 Å². The van der Waals surface area contributed by atoms with Crippen LogP contribution < -0.4 is 0 Å². The number of aromatic nitrogens is 1. The van der Waals surface area contributed by atoms with Gasteiger partial charge in [-0.05, 0) is 25.0 Å². The van der Waals surface area contributed by atoms with Gasteiger partial charge in [0.15, 0.2) is 0 Å². The van der Waals surface area contributed by atoms with E-state index in [-0.39, 0.29) is 16.2 Å². The summed E-state index contributed by atoms with van der Waals surface area (Å²) in [6, 6.07) is 5.99. The summed E-state index contributed by atoms with van der Waals surface area (Å²) in [5.41, 5.74) is -1.11. The number of hydrogen-bond acceptors (Lipinski definition) is 4. The van der Waals surface area contributed by atoms with E-state index in [0.717, 1.165) is 18.9 Å². The predicted molar refractivity (Wildman–Crippen MR) is 94.0 cm³/mol. The number of ether oxygens (including phenoxy) is 1. The third-order valence-corrected chi connectivity index (χ3v) is 6.44. The quantitative estimate of drug-likeness (QED) is 0.702. The summed E-state index contributed by atoms with van der Waals surface area (Å²) in [5.74, 6) is -0.901. The monoisotopic (exact) mass is 416 g/mol. The first-order valence-corrected chi connectivity index (χ1v) is 10.0. The molecule has 0 bridgehead atoms. The molecule has 0 aliphatic carbocycles. The van der Waals surface area contributed by atoms with Gasteiger partial charge in [-0.15, -0.1) is 0 Å². The van der Waals surface area contributed by atoms with Crippen molar-refractivity contribution in [3.05, 3.63) is 53.3 Å². The van der Waals surface area contributed by atoms with Crippen LogP contribution in [0.4, 0.5) is 13.2 Å². The smallest absolute Gasteiger partial charge is 0.416 e. The number of aryl methyl sites for hydroxylation is 1. The summed E-state index contributed by atoms with van der Waals surface area (Å²) in [6.07, 6.45) is -1.71. The Hall–Kier alpha value is -2.33. The average Bonchev–Trinajstić information content (AvgIpc) is 3.29. The van der Waals surface area contributed by atoms with E-state index in [2.05, 4.69) is 0 Å². The fourth-order valence-corrected chi connectivity index (χ4v) is 4.68. The summed E-state index contributed by atoms with van der Waals surface area (Å²) >= 11 is 0. The van der Waals surface area contributed by atoms with Crippen LogP contribution in [0.3, 0.4) is 0 Å². The first-order chi connectivity index (χ1) is 13.1. The number of esters is 1. The number of sulfonamides is 1. The van der Waals surface area contributed by atoms with Crippen molar-refractivity contribution >= 4 is 16.0 Å². The standard InChI is InChI=1S/C18H19F3N2O4S/c1-22-11-14(28(25,26)23-8-4-5-9-23)10-16(22)17(24)27-12-13-6-2-3-7-15(13)18(19,20)21/h2-3,6-7,10-11H,4-5,8-9,12H2,1H3. The SMILES string of the molecule is Cn1cc(S(=O)(=O)N2CCCC2)cc1C(=O)OCc1ccccc1C(F)(F)F. The number of halogens is 3.